The van der Waals surface area contributed by atoms with Gasteiger partial charge in [0.25, 0.3) is 0 Å². The van der Waals surface area contributed by atoms with E-state index in [1.807, 2.05) is 13.0 Å². The molecule has 1 unspecified atom stereocenters. The predicted molar refractivity (Wildman–Crippen MR) is 74.4 cm³/mol. The largest absolute Gasteiger partial charge is 0.478 e. The number of fused-ring (bicyclic) bond motifs is 1. The van der Waals surface area contributed by atoms with E-state index in [4.69, 9.17) is 5.26 Å². The number of nitriles is 1. The normalized spacial score (nSPS) is 12.6. The molecule has 2 aromatic heterocycles. The van der Waals surface area contributed by atoms with E-state index in [1.165, 1.54) is 12.4 Å². The van der Waals surface area contributed by atoms with E-state index >= 15 is 0 Å². The molecule has 0 aromatic carbocycles. The smallest absolute Gasteiger partial charge is 0.339 e. The quantitative estimate of drug-likeness (QED) is 0.847. The first-order chi connectivity index (χ1) is 10.1. The minimum atomic E-state index is -1.13. The maximum absolute atomic E-state index is 11.3. The van der Waals surface area contributed by atoms with Crippen LogP contribution in [0.4, 0.5) is 5.69 Å². The Morgan fingerprint density at radius 3 is 2.95 bits per heavy atom. The summed E-state index contributed by atoms with van der Waals surface area (Å²) in [6, 6.07) is 1.69. The average Bonchev–Trinajstić information content (AvgIpc) is 2.87. The van der Waals surface area contributed by atoms with E-state index in [1.54, 1.807) is 11.6 Å². The fourth-order valence-corrected chi connectivity index (χ4v) is 1.84. The molecule has 0 fully saturated rings. The van der Waals surface area contributed by atoms with E-state index in [-0.39, 0.29) is 23.7 Å². The lowest BCUT2D eigenvalue weighted by Crippen LogP contribution is -2.01. The molecule has 8 nitrogen and oxygen atoms in total. The first-order valence-corrected chi connectivity index (χ1v) is 6.44. The van der Waals surface area contributed by atoms with Crippen molar-refractivity contribution in [2.24, 2.45) is 10.2 Å². The molecule has 108 valence electrons. The molecule has 0 aliphatic carbocycles. The third-order valence-corrected chi connectivity index (χ3v) is 2.91. The zero-order valence-corrected chi connectivity index (χ0v) is 11.7. The van der Waals surface area contributed by atoms with Crippen LogP contribution in [-0.4, -0.2) is 31.9 Å². The van der Waals surface area contributed by atoms with Crippen molar-refractivity contribution < 1.29 is 9.90 Å². The van der Waals surface area contributed by atoms with Crippen LogP contribution in [0.3, 0.4) is 0 Å². The molecule has 0 aliphatic rings. The summed E-state index contributed by atoms with van der Waals surface area (Å²) in [7, 11) is 0. The molecule has 8 heteroatoms. The van der Waals surface area contributed by atoms with Gasteiger partial charge in [0.1, 0.15) is 11.3 Å². The number of carboxylic acid groups (broad SMARTS) is 1. The van der Waals surface area contributed by atoms with E-state index in [2.05, 4.69) is 20.3 Å². The lowest BCUT2D eigenvalue weighted by atomic mass is 10.2. The third-order valence-electron chi connectivity index (χ3n) is 2.91. The van der Waals surface area contributed by atoms with Crippen molar-refractivity contribution in [1.29, 1.82) is 5.26 Å². The highest BCUT2D eigenvalue weighted by molar-refractivity contribution is 6.01. The SMILES string of the molecule is CCn1ncc2c(N=NC(C)CC#N)c(C(=O)O)cnc21. The molecule has 0 bridgehead atoms. The number of azo groups is 1. The van der Waals surface area contributed by atoms with Gasteiger partial charge >= 0.3 is 5.97 Å². The van der Waals surface area contributed by atoms with Crippen molar-refractivity contribution in [1.82, 2.24) is 14.8 Å². The highest BCUT2D eigenvalue weighted by Crippen LogP contribution is 2.29. The lowest BCUT2D eigenvalue weighted by molar-refractivity contribution is 0.0697. The molecule has 0 spiro atoms. The third kappa shape index (κ3) is 2.86. The number of aryl methyl sites for hydroxylation is 1. The molecular formula is C13H14N6O2. The maximum atomic E-state index is 11.3. The Kier molecular flexibility index (Phi) is 4.23. The maximum Gasteiger partial charge on any atom is 0.339 e. The van der Waals surface area contributed by atoms with Gasteiger partial charge in [-0.3, -0.25) is 0 Å². The Labute approximate surface area is 120 Å². The Bertz CT molecular complexity index is 743. The highest BCUT2D eigenvalue weighted by atomic mass is 16.4. The van der Waals surface area contributed by atoms with Gasteiger partial charge in [-0.1, -0.05) is 0 Å². The van der Waals surface area contributed by atoms with Crippen molar-refractivity contribution >= 4 is 22.7 Å². The van der Waals surface area contributed by atoms with Crippen LogP contribution in [0, 0.1) is 11.3 Å². The van der Waals surface area contributed by atoms with Crippen molar-refractivity contribution in [3.8, 4) is 6.07 Å². The summed E-state index contributed by atoms with van der Waals surface area (Å²) in [4.78, 5) is 15.4. The monoisotopic (exact) mass is 286 g/mol. The van der Waals surface area contributed by atoms with Crippen LogP contribution in [0.2, 0.25) is 0 Å². The van der Waals surface area contributed by atoms with Gasteiger partial charge in [0.05, 0.1) is 30.1 Å². The summed E-state index contributed by atoms with van der Waals surface area (Å²) in [5, 5.41) is 30.5. The highest BCUT2D eigenvalue weighted by Gasteiger charge is 2.17. The number of pyridine rings is 1. The van der Waals surface area contributed by atoms with Gasteiger partial charge in [-0.15, -0.1) is 0 Å². The summed E-state index contributed by atoms with van der Waals surface area (Å²) in [6.45, 7) is 4.26. The Balaban J connectivity index is 2.57. The van der Waals surface area contributed by atoms with Crippen LogP contribution in [0.1, 0.15) is 30.6 Å². The summed E-state index contributed by atoms with van der Waals surface area (Å²) >= 11 is 0. The number of carbonyl (C=O) groups is 1. The number of carboxylic acids is 1. The van der Waals surface area contributed by atoms with Crippen LogP contribution < -0.4 is 0 Å². The molecule has 1 atom stereocenters. The minimum absolute atomic E-state index is 0.0361. The van der Waals surface area contributed by atoms with Crippen molar-refractivity contribution in [3.05, 3.63) is 18.0 Å². The summed E-state index contributed by atoms with van der Waals surface area (Å²) in [5.74, 6) is -1.13. The first kappa shape index (κ1) is 14.6. The topological polar surface area (TPSA) is 117 Å². The van der Waals surface area contributed by atoms with Gasteiger partial charge in [0.15, 0.2) is 5.65 Å². The Morgan fingerprint density at radius 1 is 1.57 bits per heavy atom. The number of aromatic nitrogens is 3. The molecule has 0 saturated heterocycles. The summed E-state index contributed by atoms with van der Waals surface area (Å²) < 4.78 is 1.65. The van der Waals surface area contributed by atoms with Crippen LogP contribution in [-0.2, 0) is 6.54 Å². The second-order valence-electron chi connectivity index (χ2n) is 4.45. The fraction of sp³-hybridized carbons (Fsp3) is 0.385. The molecule has 2 aromatic rings. The molecular weight excluding hydrogens is 272 g/mol. The van der Waals surface area contributed by atoms with Gasteiger partial charge in [0.2, 0.25) is 0 Å². The van der Waals surface area contributed by atoms with Gasteiger partial charge in [-0.2, -0.15) is 20.6 Å². The van der Waals surface area contributed by atoms with E-state index in [0.29, 0.717) is 17.6 Å². The van der Waals surface area contributed by atoms with Crippen LogP contribution in [0.5, 0.6) is 0 Å². The molecule has 2 rings (SSSR count). The number of hydrogen-bond donors (Lipinski definition) is 1. The van der Waals surface area contributed by atoms with Crippen molar-refractivity contribution in [2.75, 3.05) is 0 Å². The van der Waals surface area contributed by atoms with E-state index in [0.717, 1.165) is 0 Å². The summed E-state index contributed by atoms with van der Waals surface area (Å²) in [5.41, 5.74) is 0.743. The fourth-order valence-electron chi connectivity index (χ4n) is 1.84. The Hall–Kier alpha value is -2.82. The first-order valence-electron chi connectivity index (χ1n) is 6.44. The average molecular weight is 286 g/mol. The number of hydrogen-bond acceptors (Lipinski definition) is 6. The van der Waals surface area contributed by atoms with Crippen molar-refractivity contribution in [2.45, 2.75) is 32.9 Å². The molecule has 21 heavy (non-hydrogen) atoms. The molecule has 0 aliphatic heterocycles. The molecule has 0 saturated carbocycles. The molecule has 2 heterocycles. The second kappa shape index (κ2) is 6.09. The van der Waals surface area contributed by atoms with Crippen molar-refractivity contribution in [3.63, 3.8) is 0 Å². The minimum Gasteiger partial charge on any atom is -0.478 e. The number of aromatic carboxylic acids is 1. The van der Waals surface area contributed by atoms with Gasteiger partial charge < -0.3 is 5.11 Å². The van der Waals surface area contributed by atoms with Gasteiger partial charge in [-0.05, 0) is 13.8 Å². The molecule has 1 N–H and O–H groups in total. The van der Waals surface area contributed by atoms with E-state index < -0.39 is 5.97 Å². The number of rotatable bonds is 5. The number of nitrogens with zero attached hydrogens (tertiary/aromatic N) is 6. The summed E-state index contributed by atoms with van der Waals surface area (Å²) in [6.07, 6.45) is 3.00. The standard InChI is InChI=1S/C13H14N6O2/c1-3-19-12-9(7-16-19)11(10(6-15-12)13(20)21)18-17-8(2)4-5-14/h6-8H,3-4H2,1-2H3,(H,20,21). The molecule has 0 radical (unpaired) electrons. The molecule has 0 amide bonds. The zero-order chi connectivity index (χ0) is 15.4. The van der Waals surface area contributed by atoms with Crippen LogP contribution in [0.25, 0.3) is 11.0 Å². The Morgan fingerprint density at radius 2 is 2.33 bits per heavy atom. The van der Waals surface area contributed by atoms with Gasteiger partial charge in [-0.25, -0.2) is 14.5 Å². The van der Waals surface area contributed by atoms with E-state index in [9.17, 15) is 9.90 Å². The van der Waals surface area contributed by atoms with Crippen LogP contribution in [0.15, 0.2) is 22.6 Å². The van der Waals surface area contributed by atoms with Crippen LogP contribution >= 0.6 is 0 Å². The van der Waals surface area contributed by atoms with Gasteiger partial charge in [0, 0.05) is 12.7 Å². The predicted octanol–water partition coefficient (Wildman–Crippen LogP) is 2.54. The lowest BCUT2D eigenvalue weighted by Gasteiger charge is -2.03. The zero-order valence-electron chi connectivity index (χ0n) is 11.7. The second-order valence-corrected chi connectivity index (χ2v) is 4.45.